The molecule has 0 aliphatic heterocycles. The first-order chi connectivity index (χ1) is 6.66. The molecule has 1 aromatic rings. The second-order valence-corrected chi connectivity index (χ2v) is 5.75. The summed E-state index contributed by atoms with van der Waals surface area (Å²) in [5.41, 5.74) is 7.43. The van der Waals surface area contributed by atoms with Crippen LogP contribution in [-0.4, -0.2) is 0 Å². The fraction of sp³-hybridized carbons (Fsp3) is 0.455. The summed E-state index contributed by atoms with van der Waals surface area (Å²) in [6.07, 6.45) is 3.91. The highest BCUT2D eigenvalue weighted by Crippen LogP contribution is 2.37. The molecule has 76 valence electrons. The summed E-state index contributed by atoms with van der Waals surface area (Å²) in [4.78, 5) is 0. The Balaban J connectivity index is 2.21. The first-order valence-electron chi connectivity index (χ1n) is 4.88. The van der Waals surface area contributed by atoms with Crippen LogP contribution in [0, 0.1) is 5.92 Å². The van der Waals surface area contributed by atoms with E-state index in [1.807, 2.05) is 6.07 Å². The van der Waals surface area contributed by atoms with E-state index in [4.69, 9.17) is 5.73 Å². The lowest BCUT2D eigenvalue weighted by atomic mass is 9.78. The number of benzene rings is 1. The minimum absolute atomic E-state index is 0.206. The lowest BCUT2D eigenvalue weighted by molar-refractivity contribution is 0.264. The molecule has 3 heteroatoms. The molecule has 1 fully saturated rings. The third-order valence-corrected chi connectivity index (χ3v) is 3.84. The Labute approximate surface area is 101 Å². The van der Waals surface area contributed by atoms with Gasteiger partial charge in [0, 0.05) is 15.0 Å². The molecule has 1 aliphatic rings. The third-order valence-electron chi connectivity index (χ3n) is 2.93. The van der Waals surface area contributed by atoms with Gasteiger partial charge in [0.2, 0.25) is 0 Å². The molecule has 0 spiro atoms. The van der Waals surface area contributed by atoms with E-state index in [2.05, 4.69) is 44.0 Å². The quantitative estimate of drug-likeness (QED) is 0.876. The molecule has 1 aromatic carbocycles. The Bertz CT molecular complexity index is 314. The van der Waals surface area contributed by atoms with Gasteiger partial charge < -0.3 is 5.73 Å². The van der Waals surface area contributed by atoms with Crippen molar-refractivity contribution in [1.29, 1.82) is 0 Å². The molecule has 0 amide bonds. The second-order valence-electron chi connectivity index (χ2n) is 3.92. The van der Waals surface area contributed by atoms with Gasteiger partial charge in [-0.15, -0.1) is 0 Å². The van der Waals surface area contributed by atoms with Crippen LogP contribution in [0.4, 0.5) is 0 Å². The van der Waals surface area contributed by atoms with E-state index < -0.39 is 0 Å². The molecule has 2 N–H and O–H groups in total. The SMILES string of the molecule is N[C@H](c1cc(Br)cc(Br)c1)C1CCC1. The molecule has 0 bridgehead atoms. The summed E-state index contributed by atoms with van der Waals surface area (Å²) in [6, 6.07) is 6.48. The fourth-order valence-corrected chi connectivity index (χ4v) is 3.17. The molecule has 1 nitrogen and oxygen atoms in total. The van der Waals surface area contributed by atoms with Crippen LogP contribution in [0.15, 0.2) is 27.1 Å². The van der Waals surface area contributed by atoms with Crippen LogP contribution in [0.2, 0.25) is 0 Å². The summed E-state index contributed by atoms with van der Waals surface area (Å²) >= 11 is 6.97. The highest BCUT2D eigenvalue weighted by molar-refractivity contribution is 9.11. The smallest absolute Gasteiger partial charge is 0.0324 e. The molecule has 14 heavy (non-hydrogen) atoms. The Morgan fingerprint density at radius 2 is 1.71 bits per heavy atom. The maximum Gasteiger partial charge on any atom is 0.0324 e. The summed E-state index contributed by atoms with van der Waals surface area (Å²) in [5.74, 6) is 0.691. The Hall–Kier alpha value is 0.140. The van der Waals surface area contributed by atoms with Crippen molar-refractivity contribution < 1.29 is 0 Å². The van der Waals surface area contributed by atoms with Crippen LogP contribution in [-0.2, 0) is 0 Å². The molecule has 1 aliphatic carbocycles. The van der Waals surface area contributed by atoms with Gasteiger partial charge in [-0.2, -0.15) is 0 Å². The standard InChI is InChI=1S/C11H13Br2N/c12-9-4-8(5-10(13)6-9)11(14)7-2-1-3-7/h4-7,11H,1-3,14H2/t11-/m0/s1. The van der Waals surface area contributed by atoms with Gasteiger partial charge in [0.1, 0.15) is 0 Å². The zero-order chi connectivity index (χ0) is 10.1. The van der Waals surface area contributed by atoms with Crippen molar-refractivity contribution >= 4 is 31.9 Å². The van der Waals surface area contributed by atoms with Crippen LogP contribution < -0.4 is 5.73 Å². The van der Waals surface area contributed by atoms with Crippen LogP contribution in [0.3, 0.4) is 0 Å². The molecule has 2 rings (SSSR count). The van der Waals surface area contributed by atoms with Gasteiger partial charge in [-0.25, -0.2) is 0 Å². The minimum Gasteiger partial charge on any atom is -0.324 e. The Morgan fingerprint density at radius 3 is 2.14 bits per heavy atom. The van der Waals surface area contributed by atoms with Crippen LogP contribution in [0.25, 0.3) is 0 Å². The Kier molecular flexibility index (Phi) is 3.30. The zero-order valence-corrected chi connectivity index (χ0v) is 11.0. The topological polar surface area (TPSA) is 26.0 Å². The fourth-order valence-electron chi connectivity index (χ4n) is 1.84. The molecular weight excluding hydrogens is 306 g/mol. The number of rotatable bonds is 2. The Morgan fingerprint density at radius 1 is 1.14 bits per heavy atom. The van der Waals surface area contributed by atoms with Crippen LogP contribution >= 0.6 is 31.9 Å². The van der Waals surface area contributed by atoms with Gasteiger partial charge in [0.25, 0.3) is 0 Å². The van der Waals surface area contributed by atoms with E-state index in [0.717, 1.165) is 8.95 Å². The van der Waals surface area contributed by atoms with Crippen molar-refractivity contribution in [1.82, 2.24) is 0 Å². The molecule has 0 heterocycles. The van der Waals surface area contributed by atoms with E-state index in [1.54, 1.807) is 0 Å². The van der Waals surface area contributed by atoms with E-state index in [1.165, 1.54) is 24.8 Å². The molecule has 0 aromatic heterocycles. The molecule has 0 saturated heterocycles. The average Bonchev–Trinajstić information content (AvgIpc) is 1.98. The van der Waals surface area contributed by atoms with Gasteiger partial charge in [0.15, 0.2) is 0 Å². The number of hydrogen-bond donors (Lipinski definition) is 1. The van der Waals surface area contributed by atoms with Crippen molar-refractivity contribution in [3.63, 3.8) is 0 Å². The number of hydrogen-bond acceptors (Lipinski definition) is 1. The molecule has 1 atom stereocenters. The summed E-state index contributed by atoms with van der Waals surface area (Å²) in [7, 11) is 0. The molecule has 1 saturated carbocycles. The monoisotopic (exact) mass is 317 g/mol. The number of nitrogens with two attached hydrogens (primary N) is 1. The van der Waals surface area contributed by atoms with Crippen molar-refractivity contribution in [2.75, 3.05) is 0 Å². The van der Waals surface area contributed by atoms with Crippen molar-refractivity contribution in [3.8, 4) is 0 Å². The predicted octanol–water partition coefficient (Wildman–Crippen LogP) is 4.01. The highest BCUT2D eigenvalue weighted by atomic mass is 79.9. The van der Waals surface area contributed by atoms with Gasteiger partial charge in [-0.1, -0.05) is 38.3 Å². The van der Waals surface area contributed by atoms with Gasteiger partial charge >= 0.3 is 0 Å². The first-order valence-corrected chi connectivity index (χ1v) is 6.47. The van der Waals surface area contributed by atoms with Gasteiger partial charge in [-0.3, -0.25) is 0 Å². The molecular formula is C11H13Br2N. The van der Waals surface area contributed by atoms with E-state index in [9.17, 15) is 0 Å². The minimum atomic E-state index is 0.206. The zero-order valence-electron chi connectivity index (χ0n) is 7.84. The van der Waals surface area contributed by atoms with Crippen molar-refractivity contribution in [3.05, 3.63) is 32.7 Å². The molecule has 0 unspecified atom stereocenters. The van der Waals surface area contributed by atoms with Crippen molar-refractivity contribution in [2.24, 2.45) is 11.7 Å². The van der Waals surface area contributed by atoms with Gasteiger partial charge in [0.05, 0.1) is 0 Å². The molecule has 0 radical (unpaired) electrons. The van der Waals surface area contributed by atoms with E-state index in [-0.39, 0.29) is 6.04 Å². The summed E-state index contributed by atoms with van der Waals surface area (Å²) in [5, 5.41) is 0. The second kappa shape index (κ2) is 4.33. The lowest BCUT2D eigenvalue weighted by Gasteiger charge is -2.31. The number of halogens is 2. The summed E-state index contributed by atoms with van der Waals surface area (Å²) < 4.78 is 2.19. The van der Waals surface area contributed by atoms with E-state index in [0.29, 0.717) is 5.92 Å². The average molecular weight is 319 g/mol. The maximum atomic E-state index is 6.20. The van der Waals surface area contributed by atoms with Gasteiger partial charge in [-0.05, 0) is 42.5 Å². The largest absolute Gasteiger partial charge is 0.324 e. The van der Waals surface area contributed by atoms with E-state index >= 15 is 0 Å². The third kappa shape index (κ3) is 2.20. The lowest BCUT2D eigenvalue weighted by Crippen LogP contribution is -2.26. The highest BCUT2D eigenvalue weighted by Gasteiger charge is 2.25. The van der Waals surface area contributed by atoms with Crippen LogP contribution in [0.5, 0.6) is 0 Å². The predicted molar refractivity (Wildman–Crippen MR) is 66.1 cm³/mol. The first kappa shape index (κ1) is 10.7. The maximum absolute atomic E-state index is 6.20. The normalized spacial score (nSPS) is 19.1. The van der Waals surface area contributed by atoms with Crippen LogP contribution in [0.1, 0.15) is 30.9 Å². The summed E-state index contributed by atoms with van der Waals surface area (Å²) in [6.45, 7) is 0. The van der Waals surface area contributed by atoms with Crippen molar-refractivity contribution in [2.45, 2.75) is 25.3 Å².